The maximum atomic E-state index is 13.0. The fourth-order valence-electron chi connectivity index (χ4n) is 3.94. The number of aromatic hydroxyl groups is 1. The number of hydrogen-bond donors (Lipinski definition) is 2. The summed E-state index contributed by atoms with van der Waals surface area (Å²) in [6.45, 7) is 4.36. The molecule has 1 atom stereocenters. The van der Waals surface area contributed by atoms with Gasteiger partial charge in [0, 0.05) is 20.0 Å². The van der Waals surface area contributed by atoms with Crippen molar-refractivity contribution < 1.29 is 19.4 Å². The first-order valence-corrected chi connectivity index (χ1v) is 10.3. The van der Waals surface area contributed by atoms with E-state index < -0.39 is 11.6 Å². The summed E-state index contributed by atoms with van der Waals surface area (Å²) in [6.07, 6.45) is 2.29. The van der Waals surface area contributed by atoms with Gasteiger partial charge in [-0.15, -0.1) is 0 Å². The number of ether oxygens (including phenoxy) is 2. The highest BCUT2D eigenvalue weighted by Gasteiger charge is 2.36. The maximum absolute atomic E-state index is 13.0. The lowest BCUT2D eigenvalue weighted by atomic mass is 9.88. The monoisotopic (exact) mass is 433 g/mol. The lowest BCUT2D eigenvalue weighted by molar-refractivity contribution is -0.130. The molecule has 2 heterocycles. The fourth-order valence-corrected chi connectivity index (χ4v) is 4.21. The predicted molar refractivity (Wildman–Crippen MR) is 115 cm³/mol. The Labute approximate surface area is 180 Å². The molecule has 3 rings (SSSR count). The van der Waals surface area contributed by atoms with Crippen LogP contribution in [0.4, 0.5) is 0 Å². The number of benzene rings is 1. The number of rotatable bonds is 6. The Bertz CT molecular complexity index is 1080. The topological polar surface area (TPSA) is 96.8 Å². The lowest BCUT2D eigenvalue weighted by Gasteiger charge is -2.37. The number of carbonyl (C=O) groups is 1. The largest absolute Gasteiger partial charge is 0.494 e. The molecule has 162 valence electrons. The number of hydrogen-bond acceptors (Lipinski definition) is 6. The summed E-state index contributed by atoms with van der Waals surface area (Å²) in [5.41, 5.74) is 1.23. The van der Waals surface area contributed by atoms with Gasteiger partial charge in [-0.25, -0.2) is 0 Å². The number of nitrogens with zero attached hydrogens (tertiary/aromatic N) is 2. The first-order chi connectivity index (χ1) is 14.3. The second-order valence-electron chi connectivity index (χ2n) is 7.27. The Kier molecular flexibility index (Phi) is 6.50. The van der Waals surface area contributed by atoms with Gasteiger partial charge in [-0.1, -0.05) is 13.3 Å². The number of carbonyl (C=O) groups excluding carboxylic acids is 1. The molecular formula is C21H27N3O5S. The van der Waals surface area contributed by atoms with Gasteiger partial charge < -0.3 is 19.5 Å². The van der Waals surface area contributed by atoms with Crippen molar-refractivity contribution in [3.63, 3.8) is 0 Å². The van der Waals surface area contributed by atoms with Crippen LogP contribution < -0.4 is 15.0 Å². The minimum atomic E-state index is -0.765. The summed E-state index contributed by atoms with van der Waals surface area (Å²) < 4.78 is 12.5. The molecule has 30 heavy (non-hydrogen) atoms. The molecule has 1 aliphatic rings. The zero-order valence-corrected chi connectivity index (χ0v) is 18.5. The van der Waals surface area contributed by atoms with Gasteiger partial charge in [-0.3, -0.25) is 19.1 Å². The van der Waals surface area contributed by atoms with Crippen LogP contribution in [-0.2, 0) is 17.8 Å². The lowest BCUT2D eigenvalue weighted by Crippen LogP contribution is -2.42. The minimum Gasteiger partial charge on any atom is -0.494 e. The SMILES string of the molecule is CCCCn1c(O)c([C@@H]2c3cc(OC)c(OC)cc3CCN2C(C)=O)c(=O)[nH]c1=S. The molecule has 8 nitrogen and oxygen atoms in total. The van der Waals surface area contributed by atoms with Crippen molar-refractivity contribution in [3.05, 3.63) is 43.9 Å². The Balaban J connectivity index is 2.29. The third kappa shape index (κ3) is 3.81. The van der Waals surface area contributed by atoms with Crippen molar-refractivity contribution >= 4 is 18.1 Å². The zero-order valence-electron chi connectivity index (χ0n) is 17.7. The van der Waals surface area contributed by atoms with E-state index in [1.54, 1.807) is 18.1 Å². The number of methoxy groups -OCH3 is 2. The Hall–Kier alpha value is -2.81. The highest BCUT2D eigenvalue weighted by molar-refractivity contribution is 7.71. The molecule has 0 radical (unpaired) electrons. The van der Waals surface area contributed by atoms with Crippen LogP contribution >= 0.6 is 12.2 Å². The van der Waals surface area contributed by atoms with E-state index in [1.807, 2.05) is 13.0 Å². The molecule has 0 bridgehead atoms. The number of H-pyrrole nitrogens is 1. The summed E-state index contributed by atoms with van der Waals surface area (Å²) in [4.78, 5) is 29.7. The molecule has 0 aliphatic carbocycles. The van der Waals surface area contributed by atoms with Crippen LogP contribution in [0, 0.1) is 4.77 Å². The van der Waals surface area contributed by atoms with Crippen LogP contribution in [0.25, 0.3) is 0 Å². The average molecular weight is 434 g/mol. The van der Waals surface area contributed by atoms with E-state index in [9.17, 15) is 14.7 Å². The van der Waals surface area contributed by atoms with Crippen molar-refractivity contribution in [1.29, 1.82) is 0 Å². The van der Waals surface area contributed by atoms with Gasteiger partial charge in [0.25, 0.3) is 5.56 Å². The Morgan fingerprint density at radius 2 is 1.97 bits per heavy atom. The van der Waals surface area contributed by atoms with Crippen LogP contribution in [-0.4, -0.2) is 46.2 Å². The smallest absolute Gasteiger partial charge is 0.261 e. The van der Waals surface area contributed by atoms with Gasteiger partial charge in [0.05, 0.1) is 20.3 Å². The highest BCUT2D eigenvalue weighted by Crippen LogP contribution is 2.42. The second kappa shape index (κ2) is 8.91. The van der Waals surface area contributed by atoms with E-state index in [4.69, 9.17) is 21.7 Å². The minimum absolute atomic E-state index is 0.100. The number of nitrogens with one attached hydrogen (secondary N) is 1. The van der Waals surface area contributed by atoms with E-state index in [1.165, 1.54) is 18.6 Å². The summed E-state index contributed by atoms with van der Waals surface area (Å²) in [7, 11) is 3.09. The van der Waals surface area contributed by atoms with Crippen molar-refractivity contribution in [3.8, 4) is 17.4 Å². The number of unbranched alkanes of at least 4 members (excludes halogenated alkanes) is 1. The van der Waals surface area contributed by atoms with Crippen molar-refractivity contribution in [1.82, 2.24) is 14.5 Å². The number of amides is 1. The van der Waals surface area contributed by atoms with Gasteiger partial charge in [0.2, 0.25) is 11.8 Å². The quantitative estimate of drug-likeness (QED) is 0.680. The molecular weight excluding hydrogens is 406 g/mol. The fraction of sp³-hybridized carbons (Fsp3) is 0.476. The van der Waals surface area contributed by atoms with E-state index >= 15 is 0 Å². The zero-order chi connectivity index (χ0) is 22.0. The Morgan fingerprint density at radius 3 is 2.57 bits per heavy atom. The molecule has 9 heteroatoms. The van der Waals surface area contributed by atoms with Gasteiger partial charge in [-0.2, -0.15) is 0 Å². The molecule has 2 N–H and O–H groups in total. The average Bonchev–Trinajstić information content (AvgIpc) is 2.72. The molecule has 0 saturated heterocycles. The van der Waals surface area contributed by atoms with Crippen molar-refractivity contribution in [2.45, 2.75) is 45.7 Å². The van der Waals surface area contributed by atoms with E-state index in [2.05, 4.69) is 4.98 Å². The summed E-state index contributed by atoms with van der Waals surface area (Å²) in [5, 5.41) is 11.1. The van der Waals surface area contributed by atoms with Crippen LogP contribution in [0.1, 0.15) is 49.4 Å². The first kappa shape index (κ1) is 21.9. The molecule has 0 unspecified atom stereocenters. The summed E-state index contributed by atoms with van der Waals surface area (Å²) in [5.74, 6) is 0.655. The normalized spacial score (nSPS) is 15.6. The molecule has 0 saturated carbocycles. The molecule has 1 aromatic carbocycles. The standard InChI is InChI=1S/C21H27N3O5S/c1-5-6-8-24-20(27)17(19(26)22-21(24)30)18-14-11-16(29-4)15(28-3)10-13(14)7-9-23(18)12(2)25/h10-11,18,27H,5-9H2,1-4H3,(H,22,26,30)/t18-/m0/s1. The van der Waals surface area contributed by atoms with Crippen molar-refractivity contribution in [2.24, 2.45) is 0 Å². The molecule has 1 aliphatic heterocycles. The molecule has 1 aromatic heterocycles. The van der Waals surface area contributed by atoms with Gasteiger partial charge >= 0.3 is 0 Å². The number of aromatic amines is 1. The van der Waals surface area contributed by atoms with Gasteiger partial charge in [-0.05, 0) is 48.3 Å². The third-order valence-corrected chi connectivity index (χ3v) is 5.82. The number of fused-ring (bicyclic) bond motifs is 1. The van der Waals surface area contributed by atoms with Gasteiger partial charge in [0.15, 0.2) is 16.3 Å². The predicted octanol–water partition coefficient (Wildman–Crippen LogP) is 2.92. The Morgan fingerprint density at radius 1 is 1.30 bits per heavy atom. The molecule has 2 aromatic rings. The maximum Gasteiger partial charge on any atom is 0.261 e. The molecule has 0 spiro atoms. The van der Waals surface area contributed by atoms with Crippen LogP contribution in [0.3, 0.4) is 0 Å². The molecule has 0 fully saturated rings. The highest BCUT2D eigenvalue weighted by atomic mass is 32.1. The first-order valence-electron chi connectivity index (χ1n) is 9.91. The van der Waals surface area contributed by atoms with Crippen molar-refractivity contribution in [2.75, 3.05) is 20.8 Å². The summed E-state index contributed by atoms with van der Waals surface area (Å²) in [6, 6.07) is 2.86. The van der Waals surface area contributed by atoms with Gasteiger partial charge in [0.1, 0.15) is 5.56 Å². The third-order valence-electron chi connectivity index (χ3n) is 5.49. The van der Waals surface area contributed by atoms with Crippen LogP contribution in [0.5, 0.6) is 17.4 Å². The van der Waals surface area contributed by atoms with Crippen LogP contribution in [0.2, 0.25) is 0 Å². The van der Waals surface area contributed by atoms with E-state index in [0.29, 0.717) is 36.6 Å². The second-order valence-corrected chi connectivity index (χ2v) is 7.66. The van der Waals surface area contributed by atoms with E-state index in [0.717, 1.165) is 18.4 Å². The molecule has 1 amide bonds. The summed E-state index contributed by atoms with van der Waals surface area (Å²) >= 11 is 5.26. The number of aromatic nitrogens is 2. The van der Waals surface area contributed by atoms with Crippen LogP contribution in [0.15, 0.2) is 16.9 Å². The van der Waals surface area contributed by atoms with E-state index in [-0.39, 0.29) is 22.1 Å².